The minimum Gasteiger partial charge on any atom is -0.461 e. The first-order chi connectivity index (χ1) is 11.3. The van der Waals surface area contributed by atoms with Gasteiger partial charge in [0.15, 0.2) is 0 Å². The molecule has 7 nitrogen and oxygen atoms in total. The second kappa shape index (κ2) is 10.4. The van der Waals surface area contributed by atoms with Crippen LogP contribution in [0.1, 0.15) is 58.8 Å². The molecule has 8 heteroatoms. The van der Waals surface area contributed by atoms with E-state index >= 15 is 0 Å². The van der Waals surface area contributed by atoms with Crippen LogP contribution in [0.15, 0.2) is 0 Å². The van der Waals surface area contributed by atoms with Crippen molar-refractivity contribution in [1.29, 1.82) is 5.41 Å². The highest BCUT2D eigenvalue weighted by Crippen LogP contribution is 2.20. The summed E-state index contributed by atoms with van der Waals surface area (Å²) in [5.74, 6) is 0. The van der Waals surface area contributed by atoms with Crippen molar-refractivity contribution < 1.29 is 14.3 Å². The van der Waals surface area contributed by atoms with E-state index < -0.39 is 18.1 Å². The van der Waals surface area contributed by atoms with Crippen LogP contribution in [-0.4, -0.2) is 53.3 Å². The molecule has 24 heavy (non-hydrogen) atoms. The fourth-order valence-electron chi connectivity index (χ4n) is 2.43. The van der Waals surface area contributed by atoms with Gasteiger partial charge in [0.1, 0.15) is 6.10 Å². The minimum atomic E-state index is -0.650. The van der Waals surface area contributed by atoms with Gasteiger partial charge in [-0.25, -0.2) is 9.59 Å². The first-order valence-electron chi connectivity index (χ1n) is 8.55. The van der Waals surface area contributed by atoms with Crippen LogP contribution in [-0.2, 0) is 4.74 Å². The van der Waals surface area contributed by atoms with E-state index in [2.05, 4.69) is 4.72 Å². The molecule has 0 aromatic carbocycles. The Hall–Kier alpha value is -1.44. The van der Waals surface area contributed by atoms with Crippen LogP contribution in [0.25, 0.3) is 0 Å². The zero-order valence-corrected chi connectivity index (χ0v) is 15.9. The Morgan fingerprint density at radius 1 is 1.12 bits per heavy atom. The number of hydrogen-bond donors (Lipinski definition) is 2. The lowest BCUT2D eigenvalue weighted by atomic mass is 9.99. The van der Waals surface area contributed by atoms with Crippen molar-refractivity contribution in [2.24, 2.45) is 0 Å². The van der Waals surface area contributed by atoms with Gasteiger partial charge in [0.2, 0.25) is 0 Å². The number of urea groups is 2. The lowest BCUT2D eigenvalue weighted by Gasteiger charge is -2.28. The SMILES string of the molecule is CC(C)SNC(=O)N(C(=N)OC1CCCCCCC1)C(=O)N(C)C. The van der Waals surface area contributed by atoms with Gasteiger partial charge in [-0.3, -0.25) is 10.1 Å². The first-order valence-corrected chi connectivity index (χ1v) is 9.43. The van der Waals surface area contributed by atoms with E-state index in [0.29, 0.717) is 0 Å². The summed E-state index contributed by atoms with van der Waals surface area (Å²) in [4.78, 5) is 26.6. The third-order valence-electron chi connectivity index (χ3n) is 3.69. The Bertz CT molecular complexity index is 435. The summed E-state index contributed by atoms with van der Waals surface area (Å²) in [5, 5.41) is 8.31. The number of nitrogens with zero attached hydrogens (tertiary/aromatic N) is 2. The summed E-state index contributed by atoms with van der Waals surface area (Å²) in [6, 6.07) is -1.64. The summed E-state index contributed by atoms with van der Waals surface area (Å²) in [5.41, 5.74) is 0. The van der Waals surface area contributed by atoms with Crippen molar-refractivity contribution in [3.8, 4) is 0 Å². The Kier molecular flexibility index (Phi) is 8.95. The number of carbonyl (C=O) groups is 2. The summed E-state index contributed by atoms with van der Waals surface area (Å²) in [6.07, 6.45) is 7.27. The number of amides is 4. The van der Waals surface area contributed by atoms with E-state index in [4.69, 9.17) is 10.1 Å². The van der Waals surface area contributed by atoms with E-state index in [0.717, 1.165) is 30.6 Å². The summed E-state index contributed by atoms with van der Waals surface area (Å²) in [7, 11) is 3.09. The first kappa shape index (κ1) is 20.6. The predicted octanol–water partition coefficient (Wildman–Crippen LogP) is 3.80. The molecule has 0 aromatic heterocycles. The molecule has 138 valence electrons. The fourth-order valence-corrected chi connectivity index (χ4v) is 2.85. The molecule has 0 spiro atoms. The highest BCUT2D eigenvalue weighted by atomic mass is 32.2. The molecule has 1 aliphatic carbocycles. The van der Waals surface area contributed by atoms with Crippen LogP contribution in [0.2, 0.25) is 0 Å². The standard InChI is InChI=1S/C16H30N4O3S/c1-12(2)24-18-15(21)20(16(22)19(3)4)14(17)23-13-10-8-6-5-7-9-11-13/h12-13,17H,5-11H2,1-4H3,(H,18,21). The van der Waals surface area contributed by atoms with Gasteiger partial charge in [-0.05, 0) is 37.6 Å². The minimum absolute atomic E-state index is 0.110. The number of hydrogen-bond acceptors (Lipinski definition) is 5. The van der Waals surface area contributed by atoms with Crippen LogP contribution in [0.3, 0.4) is 0 Å². The van der Waals surface area contributed by atoms with E-state index in [9.17, 15) is 9.59 Å². The highest BCUT2D eigenvalue weighted by molar-refractivity contribution is 7.98. The lowest BCUT2D eigenvalue weighted by Crippen LogP contribution is -2.51. The molecule has 0 unspecified atom stereocenters. The Labute approximate surface area is 149 Å². The van der Waals surface area contributed by atoms with E-state index in [1.807, 2.05) is 13.8 Å². The van der Waals surface area contributed by atoms with Crippen LogP contribution < -0.4 is 4.72 Å². The fraction of sp³-hybridized carbons (Fsp3) is 0.812. The van der Waals surface area contributed by atoms with E-state index in [1.54, 1.807) is 14.1 Å². The molecule has 1 rings (SSSR count). The van der Waals surface area contributed by atoms with Crippen LogP contribution in [0.4, 0.5) is 9.59 Å². The molecular weight excluding hydrogens is 328 g/mol. The Morgan fingerprint density at radius 2 is 1.67 bits per heavy atom. The molecule has 0 radical (unpaired) electrons. The van der Waals surface area contributed by atoms with Crippen molar-refractivity contribution in [2.75, 3.05) is 14.1 Å². The van der Waals surface area contributed by atoms with Crippen molar-refractivity contribution in [2.45, 2.75) is 70.1 Å². The maximum Gasteiger partial charge on any atom is 0.343 e. The van der Waals surface area contributed by atoms with Gasteiger partial charge >= 0.3 is 18.1 Å². The summed E-state index contributed by atoms with van der Waals surface area (Å²) < 4.78 is 8.27. The van der Waals surface area contributed by atoms with Gasteiger partial charge in [0.05, 0.1) is 0 Å². The van der Waals surface area contributed by atoms with E-state index in [1.165, 1.54) is 36.1 Å². The maximum absolute atomic E-state index is 12.3. The molecular formula is C16H30N4O3S. The van der Waals surface area contributed by atoms with Crippen molar-refractivity contribution in [3.05, 3.63) is 0 Å². The van der Waals surface area contributed by atoms with Gasteiger partial charge in [0, 0.05) is 19.3 Å². The molecule has 1 saturated carbocycles. The third kappa shape index (κ3) is 6.98. The zero-order chi connectivity index (χ0) is 18.1. The monoisotopic (exact) mass is 358 g/mol. The Morgan fingerprint density at radius 3 is 2.17 bits per heavy atom. The second-order valence-electron chi connectivity index (χ2n) is 6.48. The van der Waals surface area contributed by atoms with Crippen molar-refractivity contribution in [3.63, 3.8) is 0 Å². The molecule has 1 aliphatic rings. The quantitative estimate of drug-likeness (QED) is 0.456. The predicted molar refractivity (Wildman–Crippen MR) is 97.1 cm³/mol. The van der Waals surface area contributed by atoms with Crippen LogP contribution >= 0.6 is 11.9 Å². The smallest absolute Gasteiger partial charge is 0.343 e. The average Bonchev–Trinajstić information content (AvgIpc) is 2.47. The van der Waals surface area contributed by atoms with Crippen molar-refractivity contribution >= 4 is 30.0 Å². The largest absolute Gasteiger partial charge is 0.461 e. The molecule has 0 aromatic rings. The van der Waals surface area contributed by atoms with Crippen molar-refractivity contribution in [1.82, 2.24) is 14.5 Å². The molecule has 0 saturated heterocycles. The van der Waals surface area contributed by atoms with Gasteiger partial charge in [-0.2, -0.15) is 4.90 Å². The average molecular weight is 359 g/mol. The molecule has 4 amide bonds. The Balaban J connectivity index is 2.74. The van der Waals surface area contributed by atoms with Gasteiger partial charge < -0.3 is 9.64 Å². The molecule has 0 aliphatic heterocycles. The maximum atomic E-state index is 12.3. The zero-order valence-electron chi connectivity index (χ0n) is 15.1. The molecule has 0 heterocycles. The normalized spacial score (nSPS) is 16.0. The molecule has 0 bridgehead atoms. The molecule has 0 atom stereocenters. The third-order valence-corrected chi connectivity index (χ3v) is 4.46. The lowest BCUT2D eigenvalue weighted by molar-refractivity contribution is 0.123. The highest BCUT2D eigenvalue weighted by Gasteiger charge is 2.30. The number of ether oxygens (including phenoxy) is 1. The number of carbonyl (C=O) groups excluding carboxylic acids is 2. The van der Waals surface area contributed by atoms with Crippen LogP contribution in [0, 0.1) is 5.41 Å². The summed E-state index contributed by atoms with van der Waals surface area (Å²) in [6.45, 7) is 3.86. The van der Waals surface area contributed by atoms with Gasteiger partial charge in [-0.1, -0.05) is 33.1 Å². The van der Waals surface area contributed by atoms with Crippen LogP contribution in [0.5, 0.6) is 0 Å². The number of imide groups is 1. The topological polar surface area (TPSA) is 85.7 Å². The molecule has 2 N–H and O–H groups in total. The second-order valence-corrected chi connectivity index (χ2v) is 7.86. The van der Waals surface area contributed by atoms with Gasteiger partial charge in [-0.15, -0.1) is 0 Å². The summed E-state index contributed by atoms with van der Waals surface area (Å²) >= 11 is 1.20. The number of nitrogens with one attached hydrogen (secondary N) is 2. The number of amidine groups is 1. The molecule has 1 fully saturated rings. The number of rotatable bonds is 3. The van der Waals surface area contributed by atoms with E-state index in [-0.39, 0.29) is 11.4 Å². The van der Waals surface area contributed by atoms with Gasteiger partial charge in [0.25, 0.3) is 0 Å².